The molecular formula is C17H23BrN2O4. The number of carbonyl (C=O) groups excluding carboxylic acids is 2. The van der Waals surface area contributed by atoms with Gasteiger partial charge in [-0.2, -0.15) is 0 Å². The van der Waals surface area contributed by atoms with Crippen LogP contribution in [-0.4, -0.2) is 36.6 Å². The zero-order valence-corrected chi connectivity index (χ0v) is 15.8. The SMILES string of the molecule is COC(=O)[C@H](CC(C)C)NC(=O)c1ccc(Br)c(OCC2CC2)n1. The van der Waals surface area contributed by atoms with Crippen LogP contribution in [0.3, 0.4) is 0 Å². The highest BCUT2D eigenvalue weighted by Crippen LogP contribution is 2.31. The Hall–Kier alpha value is -1.63. The molecule has 1 aromatic heterocycles. The molecule has 1 aromatic rings. The van der Waals surface area contributed by atoms with Gasteiger partial charge in [0.2, 0.25) is 5.88 Å². The fourth-order valence-electron chi connectivity index (χ4n) is 2.19. The van der Waals surface area contributed by atoms with Crippen LogP contribution in [0.1, 0.15) is 43.6 Å². The Morgan fingerprint density at radius 1 is 1.38 bits per heavy atom. The van der Waals surface area contributed by atoms with Gasteiger partial charge in [0.05, 0.1) is 18.2 Å². The van der Waals surface area contributed by atoms with Gasteiger partial charge in [-0.15, -0.1) is 0 Å². The standard InChI is InChI=1S/C17H23BrN2O4/c1-10(2)8-14(17(22)23-3)19-15(21)13-7-6-12(18)16(20-13)24-9-11-4-5-11/h6-7,10-11,14H,4-5,8-9H2,1-3H3,(H,19,21)/t14-/m0/s1. The smallest absolute Gasteiger partial charge is 0.328 e. The first-order valence-electron chi connectivity index (χ1n) is 8.08. The Bertz CT molecular complexity index is 602. The summed E-state index contributed by atoms with van der Waals surface area (Å²) >= 11 is 3.37. The zero-order valence-electron chi connectivity index (χ0n) is 14.2. The highest BCUT2D eigenvalue weighted by molar-refractivity contribution is 9.10. The van der Waals surface area contributed by atoms with E-state index in [-0.39, 0.29) is 11.6 Å². The van der Waals surface area contributed by atoms with Crippen molar-refractivity contribution in [1.82, 2.24) is 10.3 Å². The van der Waals surface area contributed by atoms with E-state index in [2.05, 4.69) is 26.2 Å². The van der Waals surface area contributed by atoms with Crippen LogP contribution in [0.25, 0.3) is 0 Å². The van der Waals surface area contributed by atoms with Gasteiger partial charge in [-0.05, 0) is 59.2 Å². The third kappa shape index (κ3) is 5.47. The molecule has 0 radical (unpaired) electrons. The summed E-state index contributed by atoms with van der Waals surface area (Å²) in [7, 11) is 1.31. The Morgan fingerprint density at radius 3 is 2.67 bits per heavy atom. The number of halogens is 1. The van der Waals surface area contributed by atoms with Crippen LogP contribution in [0, 0.1) is 11.8 Å². The molecule has 0 aliphatic heterocycles. The molecule has 1 amide bonds. The molecule has 6 nitrogen and oxygen atoms in total. The number of aromatic nitrogens is 1. The predicted octanol–water partition coefficient (Wildman–Crippen LogP) is 2.95. The minimum atomic E-state index is -0.691. The topological polar surface area (TPSA) is 77.5 Å². The van der Waals surface area contributed by atoms with E-state index in [1.807, 2.05) is 13.8 Å². The molecule has 1 saturated carbocycles. The van der Waals surface area contributed by atoms with Crippen molar-refractivity contribution in [3.8, 4) is 5.88 Å². The first-order valence-corrected chi connectivity index (χ1v) is 8.88. The van der Waals surface area contributed by atoms with Crippen molar-refractivity contribution in [3.63, 3.8) is 0 Å². The maximum Gasteiger partial charge on any atom is 0.328 e. The average Bonchev–Trinajstić information content (AvgIpc) is 3.36. The number of hydrogen-bond donors (Lipinski definition) is 1. The summed E-state index contributed by atoms with van der Waals surface area (Å²) in [6.45, 7) is 4.56. The molecule has 1 aliphatic carbocycles. The van der Waals surface area contributed by atoms with E-state index < -0.39 is 17.9 Å². The van der Waals surface area contributed by atoms with Gasteiger partial charge in [-0.3, -0.25) is 4.79 Å². The quantitative estimate of drug-likeness (QED) is 0.681. The zero-order chi connectivity index (χ0) is 17.7. The maximum atomic E-state index is 12.4. The summed E-state index contributed by atoms with van der Waals surface area (Å²) in [6, 6.07) is 2.62. The van der Waals surface area contributed by atoms with E-state index in [4.69, 9.17) is 9.47 Å². The van der Waals surface area contributed by atoms with Crippen LogP contribution in [0.4, 0.5) is 0 Å². The molecular weight excluding hydrogens is 376 g/mol. The van der Waals surface area contributed by atoms with E-state index in [0.29, 0.717) is 29.3 Å². The molecule has 24 heavy (non-hydrogen) atoms. The normalized spacial score (nSPS) is 15.0. The molecule has 0 saturated heterocycles. The molecule has 1 fully saturated rings. The van der Waals surface area contributed by atoms with Crippen LogP contribution in [-0.2, 0) is 9.53 Å². The summed E-state index contributed by atoms with van der Waals surface area (Å²) < 4.78 is 11.1. The van der Waals surface area contributed by atoms with Gasteiger partial charge < -0.3 is 14.8 Å². The van der Waals surface area contributed by atoms with E-state index in [9.17, 15) is 9.59 Å². The molecule has 7 heteroatoms. The van der Waals surface area contributed by atoms with Crippen molar-refractivity contribution < 1.29 is 19.1 Å². The van der Waals surface area contributed by atoms with Crippen molar-refractivity contribution in [2.24, 2.45) is 11.8 Å². The molecule has 1 aliphatic rings. The highest BCUT2D eigenvalue weighted by atomic mass is 79.9. The lowest BCUT2D eigenvalue weighted by Gasteiger charge is -2.18. The van der Waals surface area contributed by atoms with Gasteiger partial charge in [-0.1, -0.05) is 13.8 Å². The van der Waals surface area contributed by atoms with Crippen molar-refractivity contribution in [2.45, 2.75) is 39.2 Å². The Labute approximate surface area is 150 Å². The molecule has 132 valence electrons. The van der Waals surface area contributed by atoms with Crippen LogP contribution in [0.15, 0.2) is 16.6 Å². The fraction of sp³-hybridized carbons (Fsp3) is 0.588. The Morgan fingerprint density at radius 2 is 2.08 bits per heavy atom. The van der Waals surface area contributed by atoms with Crippen molar-refractivity contribution in [3.05, 3.63) is 22.3 Å². The summed E-state index contributed by atoms with van der Waals surface area (Å²) in [5.74, 6) is 0.345. The Kier molecular flexibility index (Phi) is 6.60. The van der Waals surface area contributed by atoms with Crippen LogP contribution in [0.5, 0.6) is 5.88 Å². The first kappa shape index (κ1) is 18.7. The minimum absolute atomic E-state index is 0.210. The van der Waals surface area contributed by atoms with Crippen molar-refractivity contribution >= 4 is 27.8 Å². The number of nitrogens with zero attached hydrogens (tertiary/aromatic N) is 1. The third-order valence-electron chi connectivity index (χ3n) is 3.70. The number of hydrogen-bond acceptors (Lipinski definition) is 5. The number of methoxy groups -OCH3 is 1. The molecule has 0 unspecified atom stereocenters. The molecule has 0 aromatic carbocycles. The summed E-state index contributed by atoms with van der Waals surface area (Å²) in [5, 5.41) is 2.69. The van der Waals surface area contributed by atoms with E-state index in [1.165, 1.54) is 20.0 Å². The number of amides is 1. The van der Waals surface area contributed by atoms with Crippen LogP contribution >= 0.6 is 15.9 Å². The largest absolute Gasteiger partial charge is 0.477 e. The number of ether oxygens (including phenoxy) is 2. The highest BCUT2D eigenvalue weighted by Gasteiger charge is 2.25. The number of rotatable bonds is 8. The van der Waals surface area contributed by atoms with Crippen LogP contribution in [0.2, 0.25) is 0 Å². The van der Waals surface area contributed by atoms with Gasteiger partial charge in [0, 0.05) is 0 Å². The van der Waals surface area contributed by atoms with Gasteiger partial charge >= 0.3 is 5.97 Å². The maximum absolute atomic E-state index is 12.4. The van der Waals surface area contributed by atoms with Gasteiger partial charge in [0.25, 0.3) is 5.91 Å². The second kappa shape index (κ2) is 8.46. The molecule has 1 atom stereocenters. The summed E-state index contributed by atoms with van der Waals surface area (Å²) in [5.41, 5.74) is 0.210. The second-order valence-corrected chi connectivity index (χ2v) is 7.27. The second-order valence-electron chi connectivity index (χ2n) is 6.42. The monoisotopic (exact) mass is 398 g/mol. The lowest BCUT2D eigenvalue weighted by molar-refractivity contribution is -0.143. The number of nitrogens with one attached hydrogen (secondary N) is 1. The van der Waals surface area contributed by atoms with E-state index >= 15 is 0 Å². The molecule has 0 bridgehead atoms. The summed E-state index contributed by atoms with van der Waals surface area (Å²) in [6.07, 6.45) is 2.85. The Balaban J connectivity index is 2.06. The summed E-state index contributed by atoms with van der Waals surface area (Å²) in [4.78, 5) is 28.5. The van der Waals surface area contributed by atoms with Crippen molar-refractivity contribution in [2.75, 3.05) is 13.7 Å². The predicted molar refractivity (Wildman–Crippen MR) is 92.9 cm³/mol. The molecule has 2 rings (SSSR count). The molecule has 1 N–H and O–H groups in total. The van der Waals surface area contributed by atoms with Crippen LogP contribution < -0.4 is 10.1 Å². The van der Waals surface area contributed by atoms with E-state index in [1.54, 1.807) is 12.1 Å². The van der Waals surface area contributed by atoms with Gasteiger partial charge in [0.15, 0.2) is 0 Å². The van der Waals surface area contributed by atoms with Gasteiger partial charge in [-0.25, -0.2) is 9.78 Å². The first-order chi connectivity index (χ1) is 11.4. The molecule has 0 spiro atoms. The average molecular weight is 399 g/mol. The number of esters is 1. The lowest BCUT2D eigenvalue weighted by Crippen LogP contribution is -2.42. The van der Waals surface area contributed by atoms with Gasteiger partial charge in [0.1, 0.15) is 11.7 Å². The molecule has 1 heterocycles. The minimum Gasteiger partial charge on any atom is -0.477 e. The fourth-order valence-corrected chi connectivity index (χ4v) is 2.53. The van der Waals surface area contributed by atoms with Crippen molar-refractivity contribution in [1.29, 1.82) is 0 Å². The number of pyridine rings is 1. The number of carbonyl (C=O) groups is 2. The van der Waals surface area contributed by atoms with E-state index in [0.717, 1.165) is 0 Å². The third-order valence-corrected chi connectivity index (χ3v) is 4.30. The lowest BCUT2D eigenvalue weighted by atomic mass is 10.0.